The molecule has 0 saturated carbocycles. The molecule has 0 amide bonds. The summed E-state index contributed by atoms with van der Waals surface area (Å²) in [7, 11) is 1.96. The number of rotatable bonds is 6. The Kier molecular flexibility index (Phi) is 4.85. The molecule has 0 fully saturated rings. The number of aromatic nitrogens is 2. The second-order valence-corrected chi connectivity index (χ2v) is 6.59. The molecule has 3 rings (SSSR count). The second kappa shape index (κ2) is 7.04. The molecule has 2 aromatic heterocycles. The minimum atomic E-state index is -0.624. The Morgan fingerprint density at radius 3 is 2.87 bits per heavy atom. The first-order chi connectivity index (χ1) is 11.1. The molecule has 0 aliphatic carbocycles. The lowest BCUT2D eigenvalue weighted by Gasteiger charge is -2.21. The molecule has 6 heteroatoms. The monoisotopic (exact) mass is 329 g/mol. The molecule has 120 valence electrons. The predicted molar refractivity (Wildman–Crippen MR) is 92.7 cm³/mol. The van der Waals surface area contributed by atoms with Crippen molar-refractivity contribution in [1.82, 2.24) is 14.5 Å². The van der Waals surface area contributed by atoms with Crippen molar-refractivity contribution in [1.29, 1.82) is 0 Å². The van der Waals surface area contributed by atoms with Crippen LogP contribution < -0.4 is 5.56 Å². The van der Waals surface area contributed by atoms with Crippen molar-refractivity contribution in [2.75, 3.05) is 13.6 Å². The summed E-state index contributed by atoms with van der Waals surface area (Å²) in [5, 5.41) is 12.1. The van der Waals surface area contributed by atoms with Crippen LogP contribution in [-0.4, -0.2) is 39.3 Å². The first-order valence-corrected chi connectivity index (χ1v) is 8.34. The quantitative estimate of drug-likeness (QED) is 0.751. The number of nitrogens with zero attached hydrogens (tertiary/aromatic N) is 3. The summed E-state index contributed by atoms with van der Waals surface area (Å²) in [6, 6.07) is 11.9. The fraction of sp³-hybridized carbons (Fsp3) is 0.294. The highest BCUT2D eigenvalue weighted by Gasteiger charge is 2.12. The van der Waals surface area contributed by atoms with Gasteiger partial charge in [0.15, 0.2) is 0 Å². The molecule has 1 aromatic carbocycles. The summed E-state index contributed by atoms with van der Waals surface area (Å²) in [4.78, 5) is 18.6. The first-order valence-electron chi connectivity index (χ1n) is 7.46. The highest BCUT2D eigenvalue weighted by atomic mass is 32.1. The van der Waals surface area contributed by atoms with E-state index in [2.05, 4.69) is 17.1 Å². The minimum absolute atomic E-state index is 0.0882. The molecule has 0 saturated heterocycles. The molecule has 5 nitrogen and oxygen atoms in total. The fourth-order valence-corrected chi connectivity index (χ4v) is 3.41. The van der Waals surface area contributed by atoms with Crippen LogP contribution in [0.15, 0.2) is 52.9 Å². The van der Waals surface area contributed by atoms with Crippen molar-refractivity contribution in [3.8, 4) is 0 Å². The largest absolute Gasteiger partial charge is 0.390 e. The Labute approximate surface area is 138 Å². The smallest absolute Gasteiger partial charge is 0.271 e. The summed E-state index contributed by atoms with van der Waals surface area (Å²) in [5.41, 5.74) is 1.82. The second-order valence-electron chi connectivity index (χ2n) is 5.67. The molecule has 0 radical (unpaired) electrons. The molecule has 23 heavy (non-hydrogen) atoms. The molecule has 0 spiro atoms. The van der Waals surface area contributed by atoms with Crippen LogP contribution >= 0.6 is 11.3 Å². The van der Waals surface area contributed by atoms with E-state index in [1.807, 2.05) is 41.6 Å². The zero-order valence-electron chi connectivity index (χ0n) is 12.9. The van der Waals surface area contributed by atoms with Gasteiger partial charge in [-0.15, -0.1) is 11.3 Å². The van der Waals surface area contributed by atoms with Crippen LogP contribution in [0.5, 0.6) is 0 Å². The maximum Gasteiger partial charge on any atom is 0.271 e. The zero-order chi connectivity index (χ0) is 16.2. The van der Waals surface area contributed by atoms with Crippen LogP contribution in [0.1, 0.15) is 5.56 Å². The number of hydrogen-bond acceptors (Lipinski definition) is 5. The summed E-state index contributed by atoms with van der Waals surface area (Å²) >= 11 is 1.38. The number of aliphatic hydroxyl groups is 1. The molecule has 0 unspecified atom stereocenters. The van der Waals surface area contributed by atoms with Gasteiger partial charge >= 0.3 is 0 Å². The third kappa shape index (κ3) is 3.85. The van der Waals surface area contributed by atoms with Crippen LogP contribution in [0, 0.1) is 0 Å². The number of fused-ring (bicyclic) bond motifs is 1. The number of likely N-dealkylation sites (N-methyl/N-ethyl adjacent to an activating group) is 1. The van der Waals surface area contributed by atoms with E-state index in [-0.39, 0.29) is 12.1 Å². The molecule has 1 atom stereocenters. The van der Waals surface area contributed by atoms with E-state index in [1.54, 1.807) is 0 Å². The average molecular weight is 329 g/mol. The third-order valence-electron chi connectivity index (χ3n) is 3.66. The van der Waals surface area contributed by atoms with E-state index >= 15 is 0 Å². The van der Waals surface area contributed by atoms with Gasteiger partial charge in [0.1, 0.15) is 4.70 Å². The molecular weight excluding hydrogens is 310 g/mol. The lowest BCUT2D eigenvalue weighted by molar-refractivity contribution is 0.106. The summed E-state index contributed by atoms with van der Waals surface area (Å²) in [5.74, 6) is 0. The van der Waals surface area contributed by atoms with Gasteiger partial charge in [0.25, 0.3) is 5.56 Å². The van der Waals surface area contributed by atoms with Gasteiger partial charge in [0, 0.05) is 13.1 Å². The van der Waals surface area contributed by atoms with Gasteiger partial charge in [-0.05, 0) is 24.1 Å². The van der Waals surface area contributed by atoms with Crippen LogP contribution in [-0.2, 0) is 13.1 Å². The standard InChI is InChI=1S/C17H19N3O2S/c1-19(9-13-5-3-2-4-6-13)10-14(21)11-20-12-18-15-7-8-23-16(15)17(20)22/h2-8,12,14,21H,9-11H2,1H3/t14-/m1/s1. The van der Waals surface area contributed by atoms with Crippen LogP contribution in [0.2, 0.25) is 0 Å². The number of hydrogen-bond donors (Lipinski definition) is 1. The minimum Gasteiger partial charge on any atom is -0.390 e. The first kappa shape index (κ1) is 15.9. The number of thiophene rings is 1. The van der Waals surface area contributed by atoms with Crippen molar-refractivity contribution < 1.29 is 5.11 Å². The van der Waals surface area contributed by atoms with Gasteiger partial charge < -0.3 is 5.11 Å². The third-order valence-corrected chi connectivity index (χ3v) is 4.55. The Balaban J connectivity index is 1.63. The average Bonchev–Trinajstić information content (AvgIpc) is 3.00. The van der Waals surface area contributed by atoms with Gasteiger partial charge in [-0.3, -0.25) is 14.3 Å². The maximum atomic E-state index is 12.3. The molecule has 2 heterocycles. The lowest BCUT2D eigenvalue weighted by Crippen LogP contribution is -2.34. The molecular formula is C17H19N3O2S. The lowest BCUT2D eigenvalue weighted by atomic mass is 10.2. The topological polar surface area (TPSA) is 58.4 Å². The van der Waals surface area contributed by atoms with Gasteiger partial charge in [-0.1, -0.05) is 30.3 Å². The van der Waals surface area contributed by atoms with Gasteiger partial charge in [0.2, 0.25) is 0 Å². The van der Waals surface area contributed by atoms with Crippen LogP contribution in [0.4, 0.5) is 0 Å². The SMILES string of the molecule is CN(Cc1ccccc1)C[C@@H](O)Cn1cnc2ccsc2c1=O. The highest BCUT2D eigenvalue weighted by molar-refractivity contribution is 7.17. The Morgan fingerprint density at radius 2 is 2.09 bits per heavy atom. The van der Waals surface area contributed by atoms with E-state index < -0.39 is 6.10 Å². The van der Waals surface area contributed by atoms with Crippen molar-refractivity contribution in [3.05, 3.63) is 64.0 Å². The maximum absolute atomic E-state index is 12.3. The van der Waals surface area contributed by atoms with E-state index in [0.29, 0.717) is 16.8 Å². The Morgan fingerprint density at radius 1 is 1.30 bits per heavy atom. The van der Waals surface area contributed by atoms with E-state index in [1.165, 1.54) is 27.8 Å². The van der Waals surface area contributed by atoms with Crippen molar-refractivity contribution >= 4 is 21.6 Å². The predicted octanol–water partition coefficient (Wildman–Crippen LogP) is 1.95. The number of benzene rings is 1. The van der Waals surface area contributed by atoms with Crippen molar-refractivity contribution in [2.45, 2.75) is 19.2 Å². The van der Waals surface area contributed by atoms with E-state index in [0.717, 1.165) is 6.54 Å². The van der Waals surface area contributed by atoms with Gasteiger partial charge in [-0.2, -0.15) is 0 Å². The van der Waals surface area contributed by atoms with Gasteiger partial charge in [-0.25, -0.2) is 4.98 Å². The van der Waals surface area contributed by atoms with E-state index in [4.69, 9.17) is 0 Å². The van der Waals surface area contributed by atoms with Crippen LogP contribution in [0.25, 0.3) is 10.2 Å². The normalized spacial score (nSPS) is 12.8. The highest BCUT2D eigenvalue weighted by Crippen LogP contribution is 2.13. The molecule has 3 aromatic rings. The number of aliphatic hydroxyl groups excluding tert-OH is 1. The van der Waals surface area contributed by atoms with Gasteiger partial charge in [0.05, 0.1) is 24.5 Å². The molecule has 1 N–H and O–H groups in total. The van der Waals surface area contributed by atoms with Crippen molar-refractivity contribution in [3.63, 3.8) is 0 Å². The van der Waals surface area contributed by atoms with E-state index in [9.17, 15) is 9.90 Å². The summed E-state index contributed by atoms with van der Waals surface area (Å²) in [6.45, 7) is 1.50. The summed E-state index contributed by atoms with van der Waals surface area (Å²) in [6.07, 6.45) is 0.887. The van der Waals surface area contributed by atoms with Crippen LogP contribution in [0.3, 0.4) is 0 Å². The molecule has 0 aliphatic rings. The fourth-order valence-electron chi connectivity index (χ4n) is 2.61. The molecule has 0 bridgehead atoms. The summed E-state index contributed by atoms with van der Waals surface area (Å²) < 4.78 is 2.12. The Hall–Kier alpha value is -2.02. The zero-order valence-corrected chi connectivity index (χ0v) is 13.7. The van der Waals surface area contributed by atoms with Crippen molar-refractivity contribution in [2.24, 2.45) is 0 Å². The molecule has 0 aliphatic heterocycles. The Bertz CT molecular complexity index is 828.